The lowest BCUT2D eigenvalue weighted by molar-refractivity contribution is -0.148. The van der Waals surface area contributed by atoms with Crippen LogP contribution in [0.15, 0.2) is 24.3 Å². The van der Waals surface area contributed by atoms with E-state index in [1.807, 2.05) is 0 Å². The molecule has 3 rings (SSSR count). The molecule has 3 unspecified atom stereocenters. The van der Waals surface area contributed by atoms with E-state index in [4.69, 9.17) is 4.74 Å². The number of amides is 1. The average molecular weight is 385 g/mol. The van der Waals surface area contributed by atoms with Crippen molar-refractivity contribution < 1.29 is 32.6 Å². The molecule has 0 radical (unpaired) electrons. The van der Waals surface area contributed by atoms with Crippen molar-refractivity contribution in [3.8, 4) is 0 Å². The van der Waals surface area contributed by atoms with Gasteiger partial charge in [-0.1, -0.05) is 18.6 Å². The Labute approximate surface area is 155 Å². The summed E-state index contributed by atoms with van der Waals surface area (Å²) < 4.78 is 43.7. The Morgan fingerprint density at radius 2 is 1.78 bits per heavy atom. The Morgan fingerprint density at radius 1 is 1.11 bits per heavy atom. The van der Waals surface area contributed by atoms with Gasteiger partial charge in [-0.3, -0.25) is 9.59 Å². The van der Waals surface area contributed by atoms with Crippen LogP contribution in [0.1, 0.15) is 42.9 Å². The molecule has 1 saturated heterocycles. The van der Waals surface area contributed by atoms with Gasteiger partial charge in [-0.05, 0) is 37.0 Å². The second-order valence-electron chi connectivity index (χ2n) is 7.16. The number of ether oxygens (including phenoxy) is 1. The van der Waals surface area contributed by atoms with E-state index < -0.39 is 29.7 Å². The number of benzene rings is 1. The van der Waals surface area contributed by atoms with E-state index in [2.05, 4.69) is 0 Å². The number of alkyl halides is 3. The van der Waals surface area contributed by atoms with Gasteiger partial charge < -0.3 is 14.7 Å². The molecule has 0 spiro atoms. The van der Waals surface area contributed by atoms with Crippen LogP contribution in [0.5, 0.6) is 0 Å². The topological polar surface area (TPSA) is 66.8 Å². The standard InChI is InChI=1S/C19H22F3NO4/c20-19(21,22)15-6-4-12(5-7-15)16-11-23(8-9-27-16)17(24)13-2-1-3-14(10-13)18(25)26/h4-7,13-14,16H,1-3,8-11H2,(H,25,26). The van der Waals surface area contributed by atoms with E-state index in [9.17, 15) is 27.9 Å². The van der Waals surface area contributed by atoms with E-state index in [1.165, 1.54) is 12.1 Å². The summed E-state index contributed by atoms with van der Waals surface area (Å²) in [6.45, 7) is 0.967. The smallest absolute Gasteiger partial charge is 0.416 e. The summed E-state index contributed by atoms with van der Waals surface area (Å²) >= 11 is 0. The lowest BCUT2D eigenvalue weighted by atomic mass is 9.80. The molecule has 3 atom stereocenters. The van der Waals surface area contributed by atoms with Crippen molar-refractivity contribution >= 4 is 11.9 Å². The van der Waals surface area contributed by atoms with Crippen LogP contribution in [0.2, 0.25) is 0 Å². The summed E-state index contributed by atoms with van der Waals surface area (Å²) in [5, 5.41) is 9.19. The molecule has 2 aliphatic rings. The lowest BCUT2D eigenvalue weighted by Gasteiger charge is -2.37. The van der Waals surface area contributed by atoms with Gasteiger partial charge in [0.15, 0.2) is 0 Å². The van der Waals surface area contributed by atoms with Crippen molar-refractivity contribution in [2.75, 3.05) is 19.7 Å². The molecule has 1 amide bonds. The first-order valence-electron chi connectivity index (χ1n) is 9.06. The Balaban J connectivity index is 1.65. The van der Waals surface area contributed by atoms with Crippen molar-refractivity contribution in [1.82, 2.24) is 4.90 Å². The Kier molecular flexibility index (Phi) is 5.74. The van der Waals surface area contributed by atoms with E-state index in [0.29, 0.717) is 44.4 Å². The number of halogens is 3. The molecule has 148 valence electrons. The van der Waals surface area contributed by atoms with Gasteiger partial charge in [0.1, 0.15) is 6.10 Å². The first-order valence-corrected chi connectivity index (χ1v) is 9.06. The van der Waals surface area contributed by atoms with E-state index in [0.717, 1.165) is 12.1 Å². The number of aliphatic carboxylic acids is 1. The highest BCUT2D eigenvalue weighted by atomic mass is 19.4. The zero-order valence-electron chi connectivity index (χ0n) is 14.7. The summed E-state index contributed by atoms with van der Waals surface area (Å²) in [5.74, 6) is -1.75. The minimum Gasteiger partial charge on any atom is -0.481 e. The Hall–Kier alpha value is -2.09. The van der Waals surface area contributed by atoms with Gasteiger partial charge in [0.05, 0.1) is 24.6 Å². The van der Waals surface area contributed by atoms with Crippen LogP contribution in [-0.2, 0) is 20.5 Å². The minimum atomic E-state index is -4.39. The van der Waals surface area contributed by atoms with Gasteiger partial charge >= 0.3 is 12.1 Å². The second-order valence-corrected chi connectivity index (χ2v) is 7.16. The molecule has 1 N–H and O–H groups in total. The maximum Gasteiger partial charge on any atom is 0.416 e. The van der Waals surface area contributed by atoms with Gasteiger partial charge in [-0.15, -0.1) is 0 Å². The zero-order chi connectivity index (χ0) is 19.6. The Morgan fingerprint density at radius 3 is 2.41 bits per heavy atom. The van der Waals surface area contributed by atoms with Crippen molar-refractivity contribution in [2.45, 2.75) is 38.0 Å². The van der Waals surface area contributed by atoms with Crippen molar-refractivity contribution in [2.24, 2.45) is 11.8 Å². The number of hydrogen-bond donors (Lipinski definition) is 1. The number of nitrogens with zero attached hydrogens (tertiary/aromatic N) is 1. The molecule has 1 aliphatic carbocycles. The van der Waals surface area contributed by atoms with Gasteiger partial charge in [-0.25, -0.2) is 0 Å². The highest BCUT2D eigenvalue weighted by Gasteiger charge is 2.36. The maximum absolute atomic E-state index is 12.8. The summed E-state index contributed by atoms with van der Waals surface area (Å²) in [6, 6.07) is 4.78. The van der Waals surface area contributed by atoms with Crippen LogP contribution in [0.3, 0.4) is 0 Å². The molecule has 27 heavy (non-hydrogen) atoms. The first-order chi connectivity index (χ1) is 12.8. The number of carbonyl (C=O) groups is 2. The number of carbonyl (C=O) groups excluding carboxylic acids is 1. The molecule has 1 aromatic carbocycles. The highest BCUT2D eigenvalue weighted by molar-refractivity contribution is 5.80. The van der Waals surface area contributed by atoms with Gasteiger partial charge in [0.25, 0.3) is 0 Å². The van der Waals surface area contributed by atoms with Crippen molar-refractivity contribution in [3.05, 3.63) is 35.4 Å². The number of carboxylic acid groups (broad SMARTS) is 1. The summed E-state index contributed by atoms with van der Waals surface area (Å²) in [4.78, 5) is 25.7. The summed E-state index contributed by atoms with van der Waals surface area (Å²) in [6.07, 6.45) is -2.56. The number of carboxylic acids is 1. The lowest BCUT2D eigenvalue weighted by Crippen LogP contribution is -2.46. The minimum absolute atomic E-state index is 0.0823. The van der Waals surface area contributed by atoms with E-state index in [1.54, 1.807) is 4.90 Å². The van der Waals surface area contributed by atoms with Crippen molar-refractivity contribution in [3.63, 3.8) is 0 Å². The fourth-order valence-electron chi connectivity index (χ4n) is 3.83. The van der Waals surface area contributed by atoms with Crippen LogP contribution >= 0.6 is 0 Å². The fourth-order valence-corrected chi connectivity index (χ4v) is 3.83. The van der Waals surface area contributed by atoms with Crippen LogP contribution in [-0.4, -0.2) is 41.6 Å². The zero-order valence-corrected chi connectivity index (χ0v) is 14.7. The van der Waals surface area contributed by atoms with E-state index >= 15 is 0 Å². The Bertz CT molecular complexity index is 689. The molecule has 5 nitrogen and oxygen atoms in total. The normalized spacial score (nSPS) is 26.6. The molecular formula is C19H22F3NO4. The monoisotopic (exact) mass is 385 g/mol. The maximum atomic E-state index is 12.8. The molecule has 1 aromatic rings. The van der Waals surface area contributed by atoms with Crippen LogP contribution in [0.4, 0.5) is 13.2 Å². The molecule has 8 heteroatoms. The number of morpholine rings is 1. The molecule has 1 saturated carbocycles. The number of rotatable bonds is 3. The molecule has 2 fully saturated rings. The molecule has 0 bridgehead atoms. The molecular weight excluding hydrogens is 363 g/mol. The third-order valence-electron chi connectivity index (χ3n) is 5.36. The molecule has 1 aliphatic heterocycles. The predicted molar refractivity (Wildman–Crippen MR) is 89.8 cm³/mol. The van der Waals surface area contributed by atoms with Gasteiger partial charge in [0, 0.05) is 12.5 Å². The van der Waals surface area contributed by atoms with Crippen LogP contribution < -0.4 is 0 Å². The van der Waals surface area contributed by atoms with Gasteiger partial charge in [-0.2, -0.15) is 13.2 Å². The molecule has 0 aromatic heterocycles. The molecule has 1 heterocycles. The van der Waals surface area contributed by atoms with Crippen molar-refractivity contribution in [1.29, 1.82) is 0 Å². The third kappa shape index (κ3) is 4.61. The SMILES string of the molecule is O=C(O)C1CCCC(C(=O)N2CCOC(c3ccc(C(F)(F)F)cc3)C2)C1. The summed E-state index contributed by atoms with van der Waals surface area (Å²) in [7, 11) is 0. The average Bonchev–Trinajstić information content (AvgIpc) is 2.67. The van der Waals surface area contributed by atoms with Gasteiger partial charge in [0.2, 0.25) is 5.91 Å². The third-order valence-corrected chi connectivity index (χ3v) is 5.36. The first kappa shape index (κ1) is 19.7. The predicted octanol–water partition coefficient (Wildman–Crippen LogP) is 3.50. The number of hydrogen-bond acceptors (Lipinski definition) is 3. The summed E-state index contributed by atoms with van der Waals surface area (Å²) in [5.41, 5.74) is -0.135. The largest absolute Gasteiger partial charge is 0.481 e. The van der Waals surface area contributed by atoms with Crippen LogP contribution in [0, 0.1) is 11.8 Å². The fraction of sp³-hybridized carbons (Fsp3) is 0.579. The van der Waals surface area contributed by atoms with Crippen LogP contribution in [0.25, 0.3) is 0 Å². The second kappa shape index (κ2) is 7.88. The quantitative estimate of drug-likeness (QED) is 0.865. The highest BCUT2D eigenvalue weighted by Crippen LogP contribution is 2.33. The van der Waals surface area contributed by atoms with E-state index in [-0.39, 0.29) is 18.4 Å².